The molecule has 3 nitrogen and oxygen atoms in total. The van der Waals surface area contributed by atoms with Gasteiger partial charge in [0.15, 0.2) is 0 Å². The van der Waals surface area contributed by atoms with Gasteiger partial charge < -0.3 is 5.32 Å². The summed E-state index contributed by atoms with van der Waals surface area (Å²) in [6.45, 7) is 5.39. The molecule has 1 aromatic heterocycles. The Labute approximate surface area is 115 Å². The monoisotopic (exact) mass is 255 g/mol. The van der Waals surface area contributed by atoms with Crippen LogP contribution in [0.3, 0.4) is 0 Å². The molecule has 0 saturated heterocycles. The van der Waals surface area contributed by atoms with Crippen molar-refractivity contribution in [3.63, 3.8) is 0 Å². The summed E-state index contributed by atoms with van der Waals surface area (Å²) in [6.07, 6.45) is 6.44. The molecule has 100 valence electrons. The van der Waals surface area contributed by atoms with Crippen LogP contribution in [0.25, 0.3) is 0 Å². The van der Waals surface area contributed by atoms with Gasteiger partial charge in [-0.05, 0) is 18.5 Å². The molecule has 2 atom stereocenters. The summed E-state index contributed by atoms with van der Waals surface area (Å²) in [5.74, 6) is 0.365. The summed E-state index contributed by atoms with van der Waals surface area (Å²) in [4.78, 5) is 8.64. The summed E-state index contributed by atoms with van der Waals surface area (Å²) < 4.78 is 0. The van der Waals surface area contributed by atoms with Gasteiger partial charge in [-0.15, -0.1) is 0 Å². The molecule has 0 aliphatic heterocycles. The second-order valence-electron chi connectivity index (χ2n) is 4.76. The van der Waals surface area contributed by atoms with Crippen molar-refractivity contribution in [2.24, 2.45) is 0 Å². The highest BCUT2D eigenvalue weighted by atomic mass is 15.0. The van der Waals surface area contributed by atoms with Gasteiger partial charge in [0.2, 0.25) is 0 Å². The average Bonchev–Trinajstić information content (AvgIpc) is 2.49. The molecule has 0 aliphatic carbocycles. The van der Waals surface area contributed by atoms with Crippen molar-refractivity contribution in [1.29, 1.82) is 0 Å². The van der Waals surface area contributed by atoms with Gasteiger partial charge in [-0.1, -0.05) is 44.2 Å². The van der Waals surface area contributed by atoms with Crippen molar-refractivity contribution in [2.45, 2.75) is 32.2 Å². The maximum Gasteiger partial charge on any atom is 0.0762 e. The lowest BCUT2D eigenvalue weighted by Crippen LogP contribution is -2.27. The predicted octanol–water partition coefficient (Wildman–Crippen LogP) is 3.32. The lowest BCUT2D eigenvalue weighted by atomic mass is 9.91. The third-order valence-corrected chi connectivity index (χ3v) is 3.34. The molecule has 1 aromatic carbocycles. The molecule has 3 heteroatoms. The second-order valence-corrected chi connectivity index (χ2v) is 4.76. The zero-order valence-corrected chi connectivity index (χ0v) is 11.6. The Morgan fingerprint density at radius 3 is 2.58 bits per heavy atom. The van der Waals surface area contributed by atoms with Gasteiger partial charge in [0.05, 0.1) is 11.7 Å². The minimum absolute atomic E-state index is 0.205. The molecule has 0 aliphatic rings. The van der Waals surface area contributed by atoms with Gasteiger partial charge in [0, 0.05) is 24.5 Å². The lowest BCUT2D eigenvalue weighted by molar-refractivity contribution is 0.455. The van der Waals surface area contributed by atoms with E-state index in [1.54, 1.807) is 12.4 Å². The molecule has 1 N–H and O–H groups in total. The van der Waals surface area contributed by atoms with Crippen LogP contribution in [0.4, 0.5) is 0 Å². The molecule has 2 aromatic rings. The van der Waals surface area contributed by atoms with E-state index in [1.165, 1.54) is 5.56 Å². The van der Waals surface area contributed by atoms with E-state index in [1.807, 2.05) is 12.3 Å². The Morgan fingerprint density at radius 1 is 1.16 bits per heavy atom. The molecule has 1 heterocycles. The third-order valence-electron chi connectivity index (χ3n) is 3.34. The maximum absolute atomic E-state index is 4.45. The highest BCUT2D eigenvalue weighted by Crippen LogP contribution is 2.28. The summed E-state index contributed by atoms with van der Waals surface area (Å²) in [5.41, 5.74) is 2.33. The van der Waals surface area contributed by atoms with E-state index < -0.39 is 0 Å². The molecular weight excluding hydrogens is 234 g/mol. The van der Waals surface area contributed by atoms with Crippen LogP contribution in [-0.2, 0) is 0 Å². The molecule has 0 amide bonds. The highest BCUT2D eigenvalue weighted by Gasteiger charge is 2.21. The molecule has 2 rings (SSSR count). The van der Waals surface area contributed by atoms with E-state index >= 15 is 0 Å². The number of benzene rings is 1. The van der Waals surface area contributed by atoms with E-state index in [-0.39, 0.29) is 6.04 Å². The van der Waals surface area contributed by atoms with Crippen molar-refractivity contribution in [3.8, 4) is 0 Å². The summed E-state index contributed by atoms with van der Waals surface area (Å²) in [6, 6.07) is 10.8. The van der Waals surface area contributed by atoms with Crippen LogP contribution in [-0.4, -0.2) is 16.5 Å². The van der Waals surface area contributed by atoms with Crippen LogP contribution in [0.2, 0.25) is 0 Å². The van der Waals surface area contributed by atoms with Gasteiger partial charge in [0.1, 0.15) is 0 Å². The molecule has 19 heavy (non-hydrogen) atoms. The quantitative estimate of drug-likeness (QED) is 0.860. The SMILES string of the molecule is CCCNC(c1cnccn1)C(C)c1ccccc1. The Kier molecular flexibility index (Phi) is 5.04. The molecule has 0 radical (unpaired) electrons. The van der Waals surface area contributed by atoms with Crippen molar-refractivity contribution < 1.29 is 0 Å². The Morgan fingerprint density at radius 2 is 1.95 bits per heavy atom. The molecule has 2 unspecified atom stereocenters. The lowest BCUT2D eigenvalue weighted by Gasteiger charge is -2.25. The first-order chi connectivity index (χ1) is 9.33. The first-order valence-corrected chi connectivity index (χ1v) is 6.87. The fraction of sp³-hybridized carbons (Fsp3) is 0.375. The fourth-order valence-electron chi connectivity index (χ4n) is 2.26. The van der Waals surface area contributed by atoms with Crippen molar-refractivity contribution in [3.05, 3.63) is 60.2 Å². The van der Waals surface area contributed by atoms with E-state index in [4.69, 9.17) is 0 Å². The molecule has 0 bridgehead atoms. The highest BCUT2D eigenvalue weighted by molar-refractivity contribution is 5.23. The molecular formula is C16H21N3. The summed E-state index contributed by atoms with van der Waals surface area (Å²) >= 11 is 0. The second kappa shape index (κ2) is 7.00. The number of aromatic nitrogens is 2. The average molecular weight is 255 g/mol. The van der Waals surface area contributed by atoms with E-state index in [9.17, 15) is 0 Å². The smallest absolute Gasteiger partial charge is 0.0762 e. The van der Waals surface area contributed by atoms with Crippen molar-refractivity contribution in [2.75, 3.05) is 6.54 Å². The fourth-order valence-corrected chi connectivity index (χ4v) is 2.26. The van der Waals surface area contributed by atoms with Crippen LogP contribution in [0, 0.1) is 0 Å². The van der Waals surface area contributed by atoms with Gasteiger partial charge in [0.25, 0.3) is 0 Å². The van der Waals surface area contributed by atoms with Crippen LogP contribution in [0.5, 0.6) is 0 Å². The number of nitrogens with zero attached hydrogens (tertiary/aromatic N) is 2. The zero-order chi connectivity index (χ0) is 13.5. The number of hydrogen-bond donors (Lipinski definition) is 1. The zero-order valence-electron chi connectivity index (χ0n) is 11.6. The van der Waals surface area contributed by atoms with Crippen molar-refractivity contribution >= 4 is 0 Å². The minimum Gasteiger partial charge on any atom is -0.308 e. The standard InChI is InChI=1S/C16H21N3/c1-3-9-19-16(15-12-17-10-11-18-15)13(2)14-7-5-4-6-8-14/h4-8,10-13,16,19H,3,9H2,1-2H3. The summed E-state index contributed by atoms with van der Waals surface area (Å²) in [7, 11) is 0. The van der Waals surface area contributed by atoms with E-state index in [0.717, 1.165) is 18.7 Å². The van der Waals surface area contributed by atoms with Gasteiger partial charge in [-0.2, -0.15) is 0 Å². The number of hydrogen-bond acceptors (Lipinski definition) is 3. The van der Waals surface area contributed by atoms with E-state index in [0.29, 0.717) is 5.92 Å². The van der Waals surface area contributed by atoms with Gasteiger partial charge in [-0.25, -0.2) is 0 Å². The topological polar surface area (TPSA) is 37.8 Å². The number of nitrogens with one attached hydrogen (secondary N) is 1. The van der Waals surface area contributed by atoms with Crippen LogP contribution in [0.15, 0.2) is 48.9 Å². The minimum atomic E-state index is 0.205. The largest absolute Gasteiger partial charge is 0.308 e. The van der Waals surface area contributed by atoms with Gasteiger partial charge in [-0.3, -0.25) is 9.97 Å². The third kappa shape index (κ3) is 3.61. The van der Waals surface area contributed by atoms with Crippen LogP contribution in [0.1, 0.15) is 43.5 Å². The van der Waals surface area contributed by atoms with E-state index in [2.05, 4.69) is 53.4 Å². The first kappa shape index (κ1) is 13.7. The Hall–Kier alpha value is -1.74. The van der Waals surface area contributed by atoms with Crippen molar-refractivity contribution in [1.82, 2.24) is 15.3 Å². The molecule has 0 spiro atoms. The van der Waals surface area contributed by atoms with Crippen LogP contribution < -0.4 is 5.32 Å². The number of rotatable bonds is 6. The molecule has 0 saturated carbocycles. The van der Waals surface area contributed by atoms with Gasteiger partial charge >= 0.3 is 0 Å². The van der Waals surface area contributed by atoms with Crippen LogP contribution >= 0.6 is 0 Å². The molecule has 0 fully saturated rings. The predicted molar refractivity (Wildman–Crippen MR) is 77.9 cm³/mol. The summed E-state index contributed by atoms with van der Waals surface area (Å²) in [5, 5.41) is 3.58. The first-order valence-electron chi connectivity index (χ1n) is 6.87. The Balaban J connectivity index is 2.22. The Bertz CT molecular complexity index is 470. The maximum atomic E-state index is 4.45. The normalized spacial score (nSPS) is 14.0.